The van der Waals surface area contributed by atoms with Gasteiger partial charge < -0.3 is 51.2 Å². The third kappa shape index (κ3) is 11.1. The Kier molecular flexibility index (Phi) is 13.2. The average molecular weight is 785 g/mol. The Balaban J connectivity index is 1.35. The number of H-pyrrole nitrogens is 2. The molecule has 19 nitrogen and oxygen atoms in total. The molecule has 2 aromatic carbocycles. The smallest absolute Gasteiger partial charge is 0.336 e. The summed E-state index contributed by atoms with van der Waals surface area (Å²) in [5.41, 5.74) is 2.12. The lowest BCUT2D eigenvalue weighted by Crippen LogP contribution is -2.58. The molecule has 0 unspecified atom stereocenters. The summed E-state index contributed by atoms with van der Waals surface area (Å²) >= 11 is 0. The van der Waals surface area contributed by atoms with Gasteiger partial charge in [-0.15, -0.1) is 0 Å². The van der Waals surface area contributed by atoms with Gasteiger partial charge in [-0.25, -0.2) is 9.78 Å². The van der Waals surface area contributed by atoms with Crippen LogP contribution in [0.4, 0.5) is 5.69 Å². The molecule has 5 rings (SSSR count). The number of fused-ring (bicyclic) bond motifs is 2. The molecular formula is C38H40N8O11. The number of carbonyl (C=O) groups excluding carboxylic acids is 5. The number of aryl methyl sites for hydroxylation is 1. The van der Waals surface area contributed by atoms with Crippen molar-refractivity contribution in [1.29, 1.82) is 0 Å². The maximum Gasteiger partial charge on any atom is 0.336 e. The van der Waals surface area contributed by atoms with Crippen LogP contribution in [0.5, 0.6) is 0 Å². The number of aliphatic carboxylic acids is 2. The lowest BCUT2D eigenvalue weighted by atomic mass is 10.0. The minimum Gasteiger partial charge on any atom is -0.481 e. The van der Waals surface area contributed by atoms with Crippen LogP contribution in [-0.4, -0.2) is 90.8 Å². The van der Waals surface area contributed by atoms with Crippen molar-refractivity contribution in [3.63, 3.8) is 0 Å². The minimum atomic E-state index is -1.68. The van der Waals surface area contributed by atoms with E-state index in [2.05, 4.69) is 41.5 Å². The Bertz CT molecular complexity index is 2370. The second-order valence-corrected chi connectivity index (χ2v) is 13.3. The van der Waals surface area contributed by atoms with Gasteiger partial charge >= 0.3 is 17.6 Å². The first-order valence-electron chi connectivity index (χ1n) is 17.7. The van der Waals surface area contributed by atoms with E-state index in [9.17, 15) is 48.6 Å². The van der Waals surface area contributed by atoms with E-state index in [-0.39, 0.29) is 24.1 Å². The van der Waals surface area contributed by atoms with Crippen molar-refractivity contribution in [2.24, 2.45) is 0 Å². The van der Waals surface area contributed by atoms with Gasteiger partial charge in [0, 0.05) is 78.4 Å². The maximum atomic E-state index is 13.8. The quantitative estimate of drug-likeness (QED) is 0.0563. The summed E-state index contributed by atoms with van der Waals surface area (Å²) in [6.45, 7) is 2.91. The molecule has 0 aliphatic heterocycles. The van der Waals surface area contributed by atoms with Gasteiger partial charge in [0.25, 0.3) is 0 Å². The lowest BCUT2D eigenvalue weighted by Gasteiger charge is -2.26. The van der Waals surface area contributed by atoms with Gasteiger partial charge in [-0.1, -0.05) is 18.2 Å². The van der Waals surface area contributed by atoms with Crippen LogP contribution in [-0.2, 0) is 46.4 Å². The zero-order chi connectivity index (χ0) is 41.2. The van der Waals surface area contributed by atoms with Crippen LogP contribution in [0.25, 0.3) is 21.9 Å². The minimum absolute atomic E-state index is 0.00781. The normalized spacial score (nSPS) is 13.2. The second-order valence-electron chi connectivity index (χ2n) is 13.3. The summed E-state index contributed by atoms with van der Waals surface area (Å²) in [4.78, 5) is 112. The van der Waals surface area contributed by atoms with Crippen LogP contribution < -0.4 is 32.2 Å². The topological polar surface area (TPSA) is 295 Å². The number of benzene rings is 2. The van der Waals surface area contributed by atoms with E-state index in [1.54, 1.807) is 25.3 Å². The molecule has 57 heavy (non-hydrogen) atoms. The predicted octanol–water partition coefficient (Wildman–Crippen LogP) is 1.03. The Morgan fingerprint density at radius 1 is 0.772 bits per heavy atom. The molecule has 0 spiro atoms. The number of aromatic nitrogens is 3. The largest absolute Gasteiger partial charge is 0.481 e. The van der Waals surface area contributed by atoms with E-state index in [0.717, 1.165) is 10.9 Å². The van der Waals surface area contributed by atoms with E-state index in [4.69, 9.17) is 4.42 Å². The molecule has 0 bridgehead atoms. The molecule has 0 saturated heterocycles. The highest BCUT2D eigenvalue weighted by Gasteiger charge is 2.33. The fraction of sp³-hybridized carbons (Fsp3) is 0.289. The second kappa shape index (κ2) is 18.3. The van der Waals surface area contributed by atoms with E-state index in [0.29, 0.717) is 22.2 Å². The van der Waals surface area contributed by atoms with Crippen LogP contribution in [0.2, 0.25) is 0 Å². The number of amides is 5. The number of carboxylic acids is 2. The molecule has 3 aromatic heterocycles. The number of rotatable bonds is 18. The highest BCUT2D eigenvalue weighted by molar-refractivity contribution is 6.01. The first-order chi connectivity index (χ1) is 27.2. The Morgan fingerprint density at radius 3 is 2.14 bits per heavy atom. The highest BCUT2D eigenvalue weighted by Crippen LogP contribution is 2.22. The summed E-state index contributed by atoms with van der Waals surface area (Å²) < 4.78 is 5.22. The molecule has 9 N–H and O–H groups in total. The van der Waals surface area contributed by atoms with Gasteiger partial charge in [0.1, 0.15) is 29.8 Å². The molecule has 4 atom stereocenters. The summed E-state index contributed by atoms with van der Waals surface area (Å²) in [6, 6.07) is 7.13. The molecule has 0 fully saturated rings. The zero-order valence-corrected chi connectivity index (χ0v) is 30.7. The van der Waals surface area contributed by atoms with Crippen molar-refractivity contribution in [2.45, 2.75) is 70.1 Å². The van der Waals surface area contributed by atoms with Crippen LogP contribution >= 0.6 is 0 Å². The fourth-order valence-corrected chi connectivity index (χ4v) is 6.17. The first kappa shape index (κ1) is 40.9. The van der Waals surface area contributed by atoms with Crippen molar-refractivity contribution in [2.75, 3.05) is 5.32 Å². The number of hydrogen-bond donors (Lipinski definition) is 9. The van der Waals surface area contributed by atoms with Gasteiger partial charge in [0.2, 0.25) is 29.5 Å². The van der Waals surface area contributed by atoms with Gasteiger partial charge in [0.05, 0.1) is 12.7 Å². The highest BCUT2D eigenvalue weighted by atomic mass is 16.4. The van der Waals surface area contributed by atoms with E-state index >= 15 is 0 Å². The number of hydrogen-bond acceptors (Lipinski definition) is 10. The number of imidazole rings is 1. The number of nitrogens with one attached hydrogen (secondary N) is 7. The average Bonchev–Trinajstić information content (AvgIpc) is 3.81. The summed E-state index contributed by atoms with van der Waals surface area (Å²) in [5, 5.41) is 32.9. The van der Waals surface area contributed by atoms with E-state index in [1.807, 2.05) is 18.2 Å². The monoisotopic (exact) mass is 784 g/mol. The zero-order valence-electron chi connectivity index (χ0n) is 30.7. The Labute approximate surface area is 323 Å². The number of aromatic amines is 2. The number of para-hydroxylation sites is 1. The third-order valence-corrected chi connectivity index (χ3v) is 8.92. The number of carbonyl (C=O) groups is 7. The number of carboxylic acid groups (broad SMARTS) is 2. The SMILES string of the molecule is CC(=O)N[C@H](Cc1c[nH]c2ccccc12)C(=O)N[C@H](CCC(=O)O)C(=O)N[C@@H](Cc1cnc[nH]1)C(=O)N[C@H](CC(=O)O)C(=O)Nc1ccc2c(C)cc(=O)oc2c1. The standard InChI is InChI=1S/C38H40N8O11/c1-19-11-34(52)57-31-14-22(7-8-24(19)31)43-36(54)30(15-33(50)51)46-38(56)29(13-23-17-39-18-41-23)45-35(53)27(9-10-32(48)49)44-37(55)28(42-20(2)47)12-21-16-40-26-6-4-3-5-25(21)26/h3-8,11,14,16-18,27-30,40H,9-10,12-13,15H2,1-2H3,(H,39,41)(H,42,47)(H,43,54)(H,44,55)(H,45,53)(H,46,56)(H,48,49)(H,50,51)/t27-,28-,29+,30-/m1/s1. The molecule has 3 heterocycles. The molecule has 0 radical (unpaired) electrons. The molecule has 5 amide bonds. The molecule has 0 aliphatic rings. The molecular weight excluding hydrogens is 744 g/mol. The number of nitrogens with zero attached hydrogens (tertiary/aromatic N) is 1. The third-order valence-electron chi connectivity index (χ3n) is 8.92. The molecule has 0 aliphatic carbocycles. The first-order valence-corrected chi connectivity index (χ1v) is 17.7. The molecule has 19 heteroatoms. The Hall–Kier alpha value is -7.31. The van der Waals surface area contributed by atoms with Crippen LogP contribution in [0.3, 0.4) is 0 Å². The van der Waals surface area contributed by atoms with E-state index in [1.165, 1.54) is 37.6 Å². The van der Waals surface area contributed by atoms with Crippen LogP contribution in [0, 0.1) is 6.92 Å². The fourth-order valence-electron chi connectivity index (χ4n) is 6.17. The lowest BCUT2D eigenvalue weighted by molar-refractivity contribution is -0.140. The molecule has 0 saturated carbocycles. The molecule has 298 valence electrons. The van der Waals surface area contributed by atoms with Crippen molar-refractivity contribution < 1.29 is 48.2 Å². The van der Waals surface area contributed by atoms with Gasteiger partial charge in [-0.2, -0.15) is 0 Å². The summed E-state index contributed by atoms with van der Waals surface area (Å²) in [7, 11) is 0. The van der Waals surface area contributed by atoms with Crippen molar-refractivity contribution in [3.05, 3.63) is 94.5 Å². The number of anilines is 1. The van der Waals surface area contributed by atoms with Crippen molar-refractivity contribution in [3.8, 4) is 0 Å². The molecule has 5 aromatic rings. The summed E-state index contributed by atoms with van der Waals surface area (Å²) in [5.74, 6) is -7.00. The van der Waals surface area contributed by atoms with Gasteiger partial charge in [-0.05, 0) is 42.7 Å². The van der Waals surface area contributed by atoms with Gasteiger partial charge in [-0.3, -0.25) is 33.6 Å². The summed E-state index contributed by atoms with van der Waals surface area (Å²) in [6.07, 6.45) is 2.25. The van der Waals surface area contributed by atoms with Crippen molar-refractivity contribution in [1.82, 2.24) is 36.2 Å². The van der Waals surface area contributed by atoms with Crippen LogP contribution in [0.1, 0.15) is 43.0 Å². The maximum absolute atomic E-state index is 13.8. The Morgan fingerprint density at radius 2 is 1.46 bits per heavy atom. The van der Waals surface area contributed by atoms with Crippen molar-refractivity contribution >= 4 is 69.0 Å². The van der Waals surface area contributed by atoms with Gasteiger partial charge in [0.15, 0.2) is 0 Å². The van der Waals surface area contributed by atoms with E-state index < -0.39 is 90.5 Å². The van der Waals surface area contributed by atoms with Crippen LogP contribution in [0.15, 0.2) is 76.5 Å². The predicted molar refractivity (Wildman–Crippen MR) is 203 cm³/mol.